The van der Waals surface area contributed by atoms with Gasteiger partial charge in [0.15, 0.2) is 0 Å². The van der Waals surface area contributed by atoms with Crippen LogP contribution in [0.2, 0.25) is 0 Å². The Morgan fingerprint density at radius 1 is 1.32 bits per heavy atom. The zero-order valence-electron chi connectivity index (χ0n) is 11.5. The Kier molecular flexibility index (Phi) is 4.16. The summed E-state index contributed by atoms with van der Waals surface area (Å²) in [6.07, 6.45) is 2.77. The maximum atomic E-state index is 12.6. The van der Waals surface area contributed by atoms with Gasteiger partial charge in [0.05, 0.1) is 5.75 Å². The number of nitrogens with two attached hydrogens (primary N) is 1. The highest BCUT2D eigenvalue weighted by Crippen LogP contribution is 2.31. The number of hydrogen-bond acceptors (Lipinski definition) is 3. The molecule has 0 spiro atoms. The highest BCUT2D eigenvalue weighted by Gasteiger charge is 2.38. The first-order valence-electron chi connectivity index (χ1n) is 6.80. The Morgan fingerprint density at radius 3 is 2.63 bits per heavy atom. The molecular weight excluding hydrogens is 260 g/mol. The van der Waals surface area contributed by atoms with E-state index in [0.717, 1.165) is 19.3 Å². The predicted molar refractivity (Wildman–Crippen MR) is 78.1 cm³/mol. The number of benzene rings is 1. The van der Waals surface area contributed by atoms with Crippen LogP contribution in [0, 0.1) is 0 Å². The number of anilines is 1. The molecule has 0 amide bonds. The van der Waals surface area contributed by atoms with Crippen molar-refractivity contribution in [3.63, 3.8) is 0 Å². The third kappa shape index (κ3) is 2.92. The lowest BCUT2D eigenvalue weighted by Crippen LogP contribution is -2.40. The van der Waals surface area contributed by atoms with Gasteiger partial charge in [-0.2, -0.15) is 4.31 Å². The number of nitrogen functional groups attached to an aromatic ring is 1. The van der Waals surface area contributed by atoms with E-state index in [2.05, 4.69) is 0 Å². The normalized spacial score (nSPS) is 24.7. The Balaban J connectivity index is 2.25. The lowest BCUT2D eigenvalue weighted by molar-refractivity contribution is 0.328. The fourth-order valence-electron chi connectivity index (χ4n) is 2.87. The molecule has 1 heterocycles. The first-order valence-corrected chi connectivity index (χ1v) is 8.41. The van der Waals surface area contributed by atoms with Crippen molar-refractivity contribution in [2.75, 3.05) is 5.73 Å². The molecule has 2 N–H and O–H groups in total. The van der Waals surface area contributed by atoms with E-state index in [-0.39, 0.29) is 17.8 Å². The molecule has 0 saturated carbocycles. The third-order valence-electron chi connectivity index (χ3n) is 3.90. The van der Waals surface area contributed by atoms with Crippen LogP contribution in [-0.2, 0) is 15.8 Å². The van der Waals surface area contributed by atoms with Gasteiger partial charge in [0.25, 0.3) is 0 Å². The number of nitrogens with zero attached hydrogens (tertiary/aromatic N) is 1. The Hall–Kier alpha value is -1.07. The summed E-state index contributed by atoms with van der Waals surface area (Å²) in [4.78, 5) is 0. The minimum absolute atomic E-state index is 0.000509. The van der Waals surface area contributed by atoms with Crippen molar-refractivity contribution in [1.82, 2.24) is 4.31 Å². The summed E-state index contributed by atoms with van der Waals surface area (Å²) in [5, 5.41) is 0. The molecule has 2 rings (SSSR count). The molecule has 5 heteroatoms. The van der Waals surface area contributed by atoms with Crippen molar-refractivity contribution in [3.8, 4) is 0 Å². The molecule has 1 fully saturated rings. The molecule has 106 valence electrons. The monoisotopic (exact) mass is 282 g/mol. The molecule has 19 heavy (non-hydrogen) atoms. The first kappa shape index (κ1) is 14.3. The molecule has 2 atom stereocenters. The van der Waals surface area contributed by atoms with Gasteiger partial charge < -0.3 is 5.73 Å². The molecule has 0 aliphatic carbocycles. The Bertz CT molecular complexity index is 542. The molecule has 0 bridgehead atoms. The van der Waals surface area contributed by atoms with Crippen molar-refractivity contribution >= 4 is 15.7 Å². The lowest BCUT2D eigenvalue weighted by atomic mass is 10.2. The zero-order chi connectivity index (χ0) is 14.0. The van der Waals surface area contributed by atoms with Gasteiger partial charge in [0, 0.05) is 17.8 Å². The summed E-state index contributed by atoms with van der Waals surface area (Å²) in [5.74, 6) is 0.000509. The van der Waals surface area contributed by atoms with E-state index in [1.54, 1.807) is 16.4 Å². The van der Waals surface area contributed by atoms with Crippen LogP contribution in [0.15, 0.2) is 24.3 Å². The van der Waals surface area contributed by atoms with Gasteiger partial charge in [0.1, 0.15) is 0 Å². The van der Waals surface area contributed by atoms with Crippen LogP contribution in [0.1, 0.15) is 38.7 Å². The first-order chi connectivity index (χ1) is 8.95. The Morgan fingerprint density at radius 2 is 2.00 bits per heavy atom. The fourth-order valence-corrected chi connectivity index (χ4v) is 5.04. The van der Waals surface area contributed by atoms with Gasteiger partial charge in [-0.05, 0) is 37.8 Å². The second kappa shape index (κ2) is 5.51. The number of para-hydroxylation sites is 1. The van der Waals surface area contributed by atoms with Crippen LogP contribution >= 0.6 is 0 Å². The van der Waals surface area contributed by atoms with Crippen molar-refractivity contribution in [3.05, 3.63) is 29.8 Å². The van der Waals surface area contributed by atoms with Crippen LogP contribution in [0.25, 0.3) is 0 Å². The van der Waals surface area contributed by atoms with E-state index in [0.29, 0.717) is 11.3 Å². The summed E-state index contributed by atoms with van der Waals surface area (Å²) >= 11 is 0. The molecule has 1 aromatic rings. The molecule has 1 aromatic carbocycles. The van der Waals surface area contributed by atoms with Crippen LogP contribution in [-0.4, -0.2) is 24.8 Å². The molecular formula is C14H22N2O2S. The van der Waals surface area contributed by atoms with Gasteiger partial charge in [0.2, 0.25) is 10.0 Å². The van der Waals surface area contributed by atoms with E-state index in [1.807, 2.05) is 26.0 Å². The smallest absolute Gasteiger partial charge is 0.218 e. The minimum Gasteiger partial charge on any atom is -0.398 e. The highest BCUT2D eigenvalue weighted by molar-refractivity contribution is 7.88. The maximum absolute atomic E-state index is 12.6. The maximum Gasteiger partial charge on any atom is 0.218 e. The molecule has 4 nitrogen and oxygen atoms in total. The topological polar surface area (TPSA) is 63.4 Å². The number of sulfonamides is 1. The van der Waals surface area contributed by atoms with E-state index >= 15 is 0 Å². The fraction of sp³-hybridized carbons (Fsp3) is 0.571. The van der Waals surface area contributed by atoms with Gasteiger partial charge in [-0.1, -0.05) is 25.1 Å². The molecule has 1 aliphatic heterocycles. The van der Waals surface area contributed by atoms with Gasteiger partial charge in [-0.3, -0.25) is 0 Å². The summed E-state index contributed by atoms with van der Waals surface area (Å²) in [6, 6.07) is 7.42. The molecule has 0 radical (unpaired) electrons. The van der Waals surface area contributed by atoms with Crippen molar-refractivity contribution in [1.29, 1.82) is 0 Å². The van der Waals surface area contributed by atoms with E-state index in [9.17, 15) is 8.42 Å². The van der Waals surface area contributed by atoms with Crippen molar-refractivity contribution in [2.24, 2.45) is 0 Å². The average Bonchev–Trinajstić information content (AvgIpc) is 2.74. The van der Waals surface area contributed by atoms with E-state index in [1.165, 1.54) is 0 Å². The minimum atomic E-state index is -3.29. The predicted octanol–water partition coefficient (Wildman–Crippen LogP) is 2.36. The second-order valence-corrected chi connectivity index (χ2v) is 7.15. The van der Waals surface area contributed by atoms with Crippen molar-refractivity contribution < 1.29 is 8.42 Å². The average molecular weight is 282 g/mol. The van der Waals surface area contributed by atoms with Gasteiger partial charge in [-0.25, -0.2) is 8.42 Å². The van der Waals surface area contributed by atoms with Crippen LogP contribution in [0.4, 0.5) is 5.69 Å². The third-order valence-corrected chi connectivity index (χ3v) is 5.87. The Labute approximate surface area is 115 Å². The highest BCUT2D eigenvalue weighted by atomic mass is 32.2. The SMILES string of the molecule is CCC1CCC(C)N1S(=O)(=O)Cc1ccccc1N. The van der Waals surface area contributed by atoms with E-state index in [4.69, 9.17) is 5.73 Å². The van der Waals surface area contributed by atoms with Crippen molar-refractivity contribution in [2.45, 2.75) is 50.9 Å². The molecule has 1 saturated heterocycles. The quantitative estimate of drug-likeness (QED) is 0.862. The summed E-state index contributed by atoms with van der Waals surface area (Å²) in [7, 11) is -3.29. The number of hydrogen-bond donors (Lipinski definition) is 1. The van der Waals surface area contributed by atoms with Crippen LogP contribution in [0.3, 0.4) is 0 Å². The second-order valence-electron chi connectivity index (χ2n) is 5.27. The molecule has 0 aromatic heterocycles. The zero-order valence-corrected chi connectivity index (χ0v) is 12.4. The van der Waals surface area contributed by atoms with Gasteiger partial charge in [-0.15, -0.1) is 0 Å². The lowest BCUT2D eigenvalue weighted by Gasteiger charge is -2.27. The van der Waals surface area contributed by atoms with Crippen LogP contribution < -0.4 is 5.73 Å². The number of rotatable bonds is 4. The summed E-state index contributed by atoms with van der Waals surface area (Å²) < 4.78 is 26.9. The van der Waals surface area contributed by atoms with Crippen LogP contribution in [0.5, 0.6) is 0 Å². The summed E-state index contributed by atoms with van der Waals surface area (Å²) in [5.41, 5.74) is 7.08. The molecule has 1 aliphatic rings. The largest absolute Gasteiger partial charge is 0.398 e. The van der Waals surface area contributed by atoms with Gasteiger partial charge >= 0.3 is 0 Å². The summed E-state index contributed by atoms with van der Waals surface area (Å²) in [6.45, 7) is 4.03. The molecule has 2 unspecified atom stereocenters. The van der Waals surface area contributed by atoms with E-state index < -0.39 is 10.0 Å². The standard InChI is InChI=1S/C14H22N2O2S/c1-3-13-9-8-11(2)16(13)19(17,18)10-12-6-4-5-7-14(12)15/h4-7,11,13H,3,8-10,15H2,1-2H3.